The van der Waals surface area contributed by atoms with Gasteiger partial charge >= 0.3 is 5.97 Å². The summed E-state index contributed by atoms with van der Waals surface area (Å²) in [5, 5.41) is 0. The minimum Gasteiger partial charge on any atom is -0.469 e. The molecular formula is C9H16O2. The Morgan fingerprint density at radius 1 is 1.73 bits per heavy atom. The molecule has 11 heavy (non-hydrogen) atoms. The van der Waals surface area contributed by atoms with Gasteiger partial charge in [-0.2, -0.15) is 0 Å². The summed E-state index contributed by atoms with van der Waals surface area (Å²) < 4.78 is 4.59. The summed E-state index contributed by atoms with van der Waals surface area (Å²) >= 11 is 0. The molecule has 0 aliphatic heterocycles. The molecule has 0 fully saturated rings. The summed E-state index contributed by atoms with van der Waals surface area (Å²) in [5.74, 6) is -0.284. The third-order valence-electron chi connectivity index (χ3n) is 1.66. The third-order valence-corrected chi connectivity index (χ3v) is 1.66. The van der Waals surface area contributed by atoms with Gasteiger partial charge in [0.25, 0.3) is 0 Å². The van der Waals surface area contributed by atoms with Crippen molar-refractivity contribution in [2.75, 3.05) is 7.11 Å². The molecule has 0 radical (unpaired) electrons. The molecule has 1 unspecified atom stereocenters. The lowest BCUT2D eigenvalue weighted by atomic mass is 10.0. The van der Waals surface area contributed by atoms with Crippen molar-refractivity contribution in [2.24, 2.45) is 5.92 Å². The summed E-state index contributed by atoms with van der Waals surface area (Å²) in [5.41, 5.74) is 0. The standard InChI is InChI=1S/C9H16O2/c1-4-6-7-8(5-2)9(10)11-3/h5,8H,2,4,6-7H2,1,3H3. The van der Waals surface area contributed by atoms with Crippen LogP contribution in [0, 0.1) is 5.92 Å². The second-order valence-corrected chi connectivity index (χ2v) is 2.51. The molecule has 0 aromatic heterocycles. The van der Waals surface area contributed by atoms with Crippen LogP contribution in [0.25, 0.3) is 0 Å². The first kappa shape index (κ1) is 10.2. The van der Waals surface area contributed by atoms with E-state index in [0.717, 1.165) is 19.3 Å². The first-order valence-corrected chi connectivity index (χ1v) is 3.96. The Balaban J connectivity index is 3.74. The van der Waals surface area contributed by atoms with Crippen molar-refractivity contribution in [3.63, 3.8) is 0 Å². The average Bonchev–Trinajstić information content (AvgIpc) is 2.05. The smallest absolute Gasteiger partial charge is 0.312 e. The van der Waals surface area contributed by atoms with Crippen molar-refractivity contribution in [1.29, 1.82) is 0 Å². The highest BCUT2D eigenvalue weighted by Gasteiger charge is 2.13. The van der Waals surface area contributed by atoms with Crippen LogP contribution in [0.3, 0.4) is 0 Å². The van der Waals surface area contributed by atoms with E-state index < -0.39 is 0 Å². The van der Waals surface area contributed by atoms with E-state index in [2.05, 4.69) is 18.2 Å². The van der Waals surface area contributed by atoms with E-state index in [1.807, 2.05) is 0 Å². The second kappa shape index (κ2) is 5.96. The average molecular weight is 156 g/mol. The minimum atomic E-state index is -0.173. The van der Waals surface area contributed by atoms with Gasteiger partial charge in [-0.1, -0.05) is 25.8 Å². The van der Waals surface area contributed by atoms with E-state index >= 15 is 0 Å². The number of carbonyl (C=O) groups is 1. The Kier molecular flexibility index (Phi) is 5.53. The summed E-state index contributed by atoms with van der Waals surface area (Å²) in [6.45, 7) is 5.68. The molecule has 0 saturated carbocycles. The van der Waals surface area contributed by atoms with Crippen LogP contribution in [0.1, 0.15) is 26.2 Å². The number of hydrogen-bond acceptors (Lipinski definition) is 2. The minimum absolute atomic E-state index is 0.111. The van der Waals surface area contributed by atoms with Crippen LogP contribution in [0.5, 0.6) is 0 Å². The molecule has 0 aliphatic rings. The maximum atomic E-state index is 11.0. The first-order chi connectivity index (χ1) is 5.26. The molecular weight excluding hydrogens is 140 g/mol. The molecule has 0 amide bonds. The van der Waals surface area contributed by atoms with Gasteiger partial charge in [-0.25, -0.2) is 0 Å². The number of hydrogen-bond donors (Lipinski definition) is 0. The zero-order valence-corrected chi connectivity index (χ0v) is 7.30. The van der Waals surface area contributed by atoms with Crippen molar-refractivity contribution in [3.05, 3.63) is 12.7 Å². The zero-order chi connectivity index (χ0) is 8.69. The van der Waals surface area contributed by atoms with E-state index in [4.69, 9.17) is 0 Å². The molecule has 0 aliphatic carbocycles. The Labute approximate surface area is 68.2 Å². The molecule has 2 heteroatoms. The number of esters is 1. The topological polar surface area (TPSA) is 26.3 Å². The largest absolute Gasteiger partial charge is 0.469 e. The van der Waals surface area contributed by atoms with Gasteiger partial charge in [0.15, 0.2) is 0 Å². The Bertz CT molecular complexity index is 130. The van der Waals surface area contributed by atoms with Gasteiger partial charge in [0.1, 0.15) is 0 Å². The van der Waals surface area contributed by atoms with Crippen LogP contribution < -0.4 is 0 Å². The lowest BCUT2D eigenvalue weighted by molar-refractivity contribution is -0.143. The van der Waals surface area contributed by atoms with Crippen LogP contribution in [-0.4, -0.2) is 13.1 Å². The van der Waals surface area contributed by atoms with Crippen LogP contribution >= 0.6 is 0 Å². The van der Waals surface area contributed by atoms with Crippen molar-refractivity contribution in [2.45, 2.75) is 26.2 Å². The second-order valence-electron chi connectivity index (χ2n) is 2.51. The monoisotopic (exact) mass is 156 g/mol. The predicted molar refractivity (Wildman–Crippen MR) is 45.2 cm³/mol. The summed E-state index contributed by atoms with van der Waals surface area (Å²) in [4.78, 5) is 11.0. The summed E-state index contributed by atoms with van der Waals surface area (Å²) in [7, 11) is 1.41. The molecule has 0 spiro atoms. The van der Waals surface area contributed by atoms with Crippen LogP contribution in [0.15, 0.2) is 12.7 Å². The number of methoxy groups -OCH3 is 1. The summed E-state index contributed by atoms with van der Waals surface area (Å²) in [6.07, 6.45) is 4.65. The Hall–Kier alpha value is -0.790. The van der Waals surface area contributed by atoms with Gasteiger partial charge < -0.3 is 4.74 Å². The fourth-order valence-electron chi connectivity index (χ4n) is 0.907. The fourth-order valence-corrected chi connectivity index (χ4v) is 0.907. The molecule has 2 nitrogen and oxygen atoms in total. The van der Waals surface area contributed by atoms with Gasteiger partial charge in [0, 0.05) is 0 Å². The maximum absolute atomic E-state index is 11.0. The molecule has 0 aromatic rings. The number of rotatable bonds is 5. The third kappa shape index (κ3) is 3.81. The first-order valence-electron chi connectivity index (χ1n) is 3.96. The van der Waals surface area contributed by atoms with E-state index in [-0.39, 0.29) is 11.9 Å². The lowest BCUT2D eigenvalue weighted by Gasteiger charge is -2.07. The number of ether oxygens (including phenoxy) is 1. The van der Waals surface area contributed by atoms with Crippen molar-refractivity contribution in [1.82, 2.24) is 0 Å². The highest BCUT2D eigenvalue weighted by molar-refractivity contribution is 5.74. The van der Waals surface area contributed by atoms with Crippen LogP contribution in [-0.2, 0) is 9.53 Å². The SMILES string of the molecule is C=CC(CCCC)C(=O)OC. The van der Waals surface area contributed by atoms with Crippen molar-refractivity contribution in [3.8, 4) is 0 Å². The normalized spacial score (nSPS) is 12.2. The molecule has 0 saturated heterocycles. The van der Waals surface area contributed by atoms with E-state index in [1.54, 1.807) is 6.08 Å². The summed E-state index contributed by atoms with van der Waals surface area (Å²) in [6, 6.07) is 0. The lowest BCUT2D eigenvalue weighted by Crippen LogP contribution is -2.13. The fraction of sp³-hybridized carbons (Fsp3) is 0.667. The maximum Gasteiger partial charge on any atom is 0.312 e. The Morgan fingerprint density at radius 2 is 2.36 bits per heavy atom. The predicted octanol–water partition coefficient (Wildman–Crippen LogP) is 2.15. The molecule has 0 N–H and O–H groups in total. The molecule has 0 rings (SSSR count). The van der Waals surface area contributed by atoms with Gasteiger partial charge in [-0.3, -0.25) is 4.79 Å². The molecule has 1 atom stereocenters. The molecule has 64 valence electrons. The van der Waals surface area contributed by atoms with Crippen molar-refractivity contribution >= 4 is 5.97 Å². The number of carbonyl (C=O) groups excluding carboxylic acids is 1. The molecule has 0 bridgehead atoms. The van der Waals surface area contributed by atoms with Gasteiger partial charge in [0.05, 0.1) is 13.0 Å². The highest BCUT2D eigenvalue weighted by atomic mass is 16.5. The van der Waals surface area contributed by atoms with Gasteiger partial charge in [0.2, 0.25) is 0 Å². The van der Waals surface area contributed by atoms with Crippen molar-refractivity contribution < 1.29 is 9.53 Å². The molecule has 0 aromatic carbocycles. The van der Waals surface area contributed by atoms with Gasteiger partial charge in [-0.05, 0) is 6.42 Å². The quantitative estimate of drug-likeness (QED) is 0.450. The van der Waals surface area contributed by atoms with Gasteiger partial charge in [-0.15, -0.1) is 6.58 Å². The number of unbranched alkanes of at least 4 members (excludes halogenated alkanes) is 1. The van der Waals surface area contributed by atoms with Crippen LogP contribution in [0.2, 0.25) is 0 Å². The van der Waals surface area contributed by atoms with E-state index in [9.17, 15) is 4.79 Å². The van der Waals surface area contributed by atoms with E-state index in [1.165, 1.54) is 7.11 Å². The van der Waals surface area contributed by atoms with Crippen LogP contribution in [0.4, 0.5) is 0 Å². The molecule has 0 heterocycles. The Morgan fingerprint density at radius 3 is 2.73 bits per heavy atom. The highest BCUT2D eigenvalue weighted by Crippen LogP contribution is 2.10. The zero-order valence-electron chi connectivity index (χ0n) is 7.30. The van der Waals surface area contributed by atoms with E-state index in [0.29, 0.717) is 0 Å².